The van der Waals surface area contributed by atoms with E-state index in [1.807, 2.05) is 0 Å². The molecule has 0 radical (unpaired) electrons. The highest BCUT2D eigenvalue weighted by atomic mass is 33.1. The first-order chi connectivity index (χ1) is 54.0. The number of aromatic nitrogens is 1. The SMILES string of the molecule is C[C@@H]1CSSC[C@H](NC(=O)CNC(=O)[C@H](C)N)C(=O)N[C@@H](CCCCN)C(=O)N[C@@H](CC(N)=O)C(=O)N[C@@H](Cc2ccccc2)C(=O)N[C@@H](Cc2ccccc2)C(=O)N[C@@H](Cc2c[nH]c3ccccc23)C(=O)N[C@@H](CCCCN)C(=O)N[C@@H]([C@@H](C)O)C(=O)N[C@@H](Cc2ccccc2)C(=O)C[C@@H]([C@@H](C)O)C(=O)N[C@@H](CO)C(=O)N1. The molecule has 0 saturated carbocycles. The van der Waals surface area contributed by atoms with Crippen LogP contribution < -0.4 is 86.7 Å². The van der Waals surface area contributed by atoms with Gasteiger partial charge >= 0.3 is 0 Å². The Balaban J connectivity index is 1.45. The number of aromatic amines is 1. The standard InChI is InChI=1S/C77H107N17O17S2/c1-43-41-112-113-42-62(85-65(100)39-83-67(101)44(2)80)76(110)87-54(28-16-18-30-78)69(103)92-60(37-64(81)99)74(108)90-57(33-48-22-10-6-11-23-48)71(105)89-58(34-49-24-12-7-13-25-49)72(106)91-59(35-50-38-82-53-27-15-14-26-51(50)53)73(107)86-55(29-17-19-31-79)70(104)94-66(46(4)97)77(111)88-56(32-47-20-8-5-9-21-47)63(98)36-52(45(3)96)68(102)93-61(40-95)75(109)84-43/h5-15,20-27,38,43-46,52,54-62,66,82,95-97H,16-19,28-37,39-42,78-80H2,1-4H3,(H2,81,99)(H,83,101)(H,84,109)(H,85,100)(H,86,107)(H,87,110)(H,88,111)(H,89,105)(H,90,108)(H,91,106)(H,92,103)(H,93,102)(H,94,104)/t43-,44+,45-,46-,52+,54+,55+,56+,57+,58+,59+,60+,61+,62+,66+/m1/s1. The Kier molecular flexibility index (Phi) is 38.3. The summed E-state index contributed by atoms with van der Waals surface area (Å²) in [6, 6.07) is 14.3. The molecule has 1 aliphatic heterocycles. The third kappa shape index (κ3) is 30.6. The second kappa shape index (κ2) is 47.2. The summed E-state index contributed by atoms with van der Waals surface area (Å²) in [7, 11) is 2.11. The molecule has 1 aromatic heterocycles. The van der Waals surface area contributed by atoms with Crippen LogP contribution in [0.5, 0.6) is 0 Å². The van der Waals surface area contributed by atoms with Gasteiger partial charge in [0.15, 0.2) is 5.78 Å². The van der Waals surface area contributed by atoms with Gasteiger partial charge in [-0.25, -0.2) is 0 Å². The van der Waals surface area contributed by atoms with E-state index in [4.69, 9.17) is 22.9 Å². The first-order valence-electron chi connectivity index (χ1n) is 37.4. The van der Waals surface area contributed by atoms with Crippen molar-refractivity contribution in [2.75, 3.05) is 37.7 Å². The largest absolute Gasteiger partial charge is 0.394 e. The monoisotopic (exact) mass is 1610 g/mol. The molecule has 0 aliphatic carbocycles. The number of primary amides is 1. The van der Waals surface area contributed by atoms with Crippen LogP contribution in [0.1, 0.15) is 101 Å². The highest BCUT2D eigenvalue weighted by Gasteiger charge is 2.39. The topological polar surface area (TPSA) is 564 Å². The smallest absolute Gasteiger partial charge is 0.245 e. The van der Waals surface area contributed by atoms with Gasteiger partial charge in [-0.05, 0) is 114 Å². The van der Waals surface area contributed by atoms with Crippen LogP contribution in [0.25, 0.3) is 10.9 Å². The van der Waals surface area contributed by atoms with E-state index in [2.05, 4.69) is 68.8 Å². The molecule has 6 rings (SSSR count). The molecular formula is C77H107N17O17S2. The van der Waals surface area contributed by atoms with Crippen molar-refractivity contribution in [2.24, 2.45) is 28.9 Å². The first-order valence-corrected chi connectivity index (χ1v) is 39.9. The van der Waals surface area contributed by atoms with Crippen LogP contribution in [0.15, 0.2) is 121 Å². The second-order valence-electron chi connectivity index (χ2n) is 27.9. The van der Waals surface area contributed by atoms with Gasteiger partial charge in [-0.1, -0.05) is 131 Å². The molecule has 0 bridgehead atoms. The van der Waals surface area contributed by atoms with Crippen molar-refractivity contribution in [3.8, 4) is 0 Å². The highest BCUT2D eigenvalue weighted by molar-refractivity contribution is 8.76. The molecule has 0 spiro atoms. The zero-order valence-electron chi connectivity index (χ0n) is 63.6. The Morgan fingerprint density at radius 2 is 0.929 bits per heavy atom. The summed E-state index contributed by atoms with van der Waals surface area (Å²) in [6.07, 6.45) is -3.43. The number of aliphatic hydroxyl groups is 3. The average molecular weight is 1610 g/mol. The molecule has 36 heteroatoms. The predicted molar refractivity (Wildman–Crippen MR) is 424 cm³/mol. The minimum absolute atomic E-state index is 0.0680. The third-order valence-electron chi connectivity index (χ3n) is 18.5. The van der Waals surface area contributed by atoms with Gasteiger partial charge in [0.25, 0.3) is 0 Å². The van der Waals surface area contributed by atoms with Crippen molar-refractivity contribution in [1.82, 2.24) is 68.8 Å². The Labute approximate surface area is 662 Å². The lowest BCUT2D eigenvalue weighted by molar-refractivity contribution is -0.138. The van der Waals surface area contributed by atoms with Crippen molar-refractivity contribution in [1.29, 1.82) is 0 Å². The van der Waals surface area contributed by atoms with Crippen LogP contribution in [0.4, 0.5) is 0 Å². The zero-order valence-corrected chi connectivity index (χ0v) is 65.3. The van der Waals surface area contributed by atoms with E-state index in [1.54, 1.807) is 128 Å². The van der Waals surface area contributed by atoms with E-state index in [1.165, 1.54) is 20.8 Å². The van der Waals surface area contributed by atoms with Gasteiger partial charge in [-0.2, -0.15) is 0 Å². The molecule has 0 unspecified atom stereocenters. The molecule has 4 aromatic carbocycles. The molecule has 1 aliphatic rings. The van der Waals surface area contributed by atoms with Crippen LogP contribution >= 0.6 is 21.6 Å². The van der Waals surface area contributed by atoms with Crippen molar-refractivity contribution in [3.05, 3.63) is 144 Å². The summed E-state index contributed by atoms with van der Waals surface area (Å²) in [4.78, 5) is 204. The number of hydrogen-bond acceptors (Lipinski definition) is 22. The lowest BCUT2D eigenvalue weighted by Gasteiger charge is -2.29. The van der Waals surface area contributed by atoms with Crippen LogP contribution in [0, 0.1) is 5.92 Å². The average Bonchev–Trinajstić information content (AvgIpc) is 1.77. The van der Waals surface area contributed by atoms with Gasteiger partial charge < -0.3 is 107 Å². The second-order valence-corrected chi connectivity index (χ2v) is 30.4. The van der Waals surface area contributed by atoms with Crippen LogP contribution in [-0.2, 0) is 92.8 Å². The molecular weight excluding hydrogens is 1500 g/mol. The van der Waals surface area contributed by atoms with E-state index in [0.29, 0.717) is 46.0 Å². The molecule has 1 saturated heterocycles. The fourth-order valence-electron chi connectivity index (χ4n) is 12.2. The number of carbonyl (C=O) groups is 14. The number of aliphatic hydroxyl groups excluding tert-OH is 3. The Hall–Kier alpha value is -10.3. The van der Waals surface area contributed by atoms with Gasteiger partial charge in [0.05, 0.1) is 49.8 Å². The van der Waals surface area contributed by atoms with Gasteiger partial charge in [0, 0.05) is 60.3 Å². The molecule has 24 N–H and O–H groups in total. The first kappa shape index (κ1) is 91.5. The van der Waals surface area contributed by atoms with E-state index in [-0.39, 0.29) is 76.0 Å². The maximum absolute atomic E-state index is 15.4. The van der Waals surface area contributed by atoms with Crippen molar-refractivity contribution in [2.45, 2.75) is 189 Å². The van der Waals surface area contributed by atoms with Crippen molar-refractivity contribution in [3.63, 3.8) is 0 Å². The summed E-state index contributed by atoms with van der Waals surface area (Å²) < 4.78 is 0. The highest BCUT2D eigenvalue weighted by Crippen LogP contribution is 2.25. The van der Waals surface area contributed by atoms with Gasteiger partial charge in [-0.15, -0.1) is 0 Å². The lowest BCUT2D eigenvalue weighted by atomic mass is 9.90. The minimum atomic E-state index is -1.85. The Bertz CT molecular complexity index is 4010. The number of unbranched alkanes of at least 4 members (excludes halogenated alkanes) is 2. The number of hydrogen-bond donors (Lipinski definition) is 20. The maximum atomic E-state index is 15.4. The molecule has 113 heavy (non-hydrogen) atoms. The number of amides is 13. The number of H-pyrrole nitrogens is 1. The predicted octanol–water partition coefficient (Wildman–Crippen LogP) is -2.89. The number of nitrogens with two attached hydrogens (primary N) is 4. The third-order valence-corrected chi connectivity index (χ3v) is 21.1. The van der Waals surface area contributed by atoms with E-state index >= 15 is 14.4 Å². The van der Waals surface area contributed by atoms with E-state index in [0.717, 1.165) is 21.6 Å². The maximum Gasteiger partial charge on any atom is 0.245 e. The molecule has 13 amide bonds. The summed E-state index contributed by atoms with van der Waals surface area (Å²) in [5.41, 5.74) is 25.9. The molecule has 15 atom stereocenters. The number of para-hydroxylation sites is 1. The van der Waals surface area contributed by atoms with Crippen molar-refractivity contribution < 1.29 is 82.4 Å². The number of rotatable bonds is 25. The number of fused-ring (bicyclic) bond motifs is 1. The van der Waals surface area contributed by atoms with Gasteiger partial charge in [-0.3, -0.25) is 67.1 Å². The normalized spacial score (nSPS) is 24.1. The lowest BCUT2D eigenvalue weighted by Crippen LogP contribution is -2.62. The number of Topliss-reactive ketones (excluding diaryl/α,β-unsaturated/α-hetero) is 1. The summed E-state index contributed by atoms with van der Waals surface area (Å²) in [6.45, 7) is 4.04. The number of benzene rings is 4. The summed E-state index contributed by atoms with van der Waals surface area (Å²) in [5.74, 6) is -15.3. The van der Waals surface area contributed by atoms with E-state index in [9.17, 15) is 68.1 Å². The molecule has 614 valence electrons. The summed E-state index contributed by atoms with van der Waals surface area (Å²) in [5, 5.41) is 64.8. The number of ketones is 1. The molecule has 34 nitrogen and oxygen atoms in total. The number of carbonyl (C=O) groups excluding carboxylic acids is 14. The molecule has 1 fully saturated rings. The van der Waals surface area contributed by atoms with E-state index < -0.39 is 199 Å². The van der Waals surface area contributed by atoms with Crippen LogP contribution in [-0.4, -0.2) is 225 Å². The fraction of sp³-hybridized carbons (Fsp3) is 0.481. The van der Waals surface area contributed by atoms with Crippen LogP contribution in [0.2, 0.25) is 0 Å². The van der Waals surface area contributed by atoms with Gasteiger partial charge in [0.2, 0.25) is 76.8 Å². The Morgan fingerprint density at radius 3 is 1.43 bits per heavy atom. The molecule has 5 aromatic rings. The zero-order chi connectivity index (χ0) is 82.7. The molecule has 2 heterocycles. The number of nitrogens with one attached hydrogen (secondary N) is 13. The minimum Gasteiger partial charge on any atom is -0.394 e. The van der Waals surface area contributed by atoms with Crippen molar-refractivity contribution >= 4 is 115 Å². The van der Waals surface area contributed by atoms with Gasteiger partial charge in [0.1, 0.15) is 54.4 Å². The quantitative estimate of drug-likeness (QED) is 0.0206. The fourth-order valence-corrected chi connectivity index (χ4v) is 14.6. The van der Waals surface area contributed by atoms with Crippen LogP contribution in [0.3, 0.4) is 0 Å². The Morgan fingerprint density at radius 1 is 0.496 bits per heavy atom. The summed E-state index contributed by atoms with van der Waals surface area (Å²) >= 11 is 0.